The lowest BCUT2D eigenvalue weighted by atomic mass is 9.74. The summed E-state index contributed by atoms with van der Waals surface area (Å²) < 4.78 is 12.8. The van der Waals surface area contributed by atoms with Crippen molar-refractivity contribution in [3.05, 3.63) is 35.5 Å². The molecule has 8 nitrogen and oxygen atoms in total. The summed E-state index contributed by atoms with van der Waals surface area (Å²) >= 11 is 0. The van der Waals surface area contributed by atoms with Crippen LogP contribution >= 0.6 is 0 Å². The zero-order chi connectivity index (χ0) is 23.4. The Morgan fingerprint density at radius 1 is 1.09 bits per heavy atom. The molecule has 0 bridgehead atoms. The van der Waals surface area contributed by atoms with Crippen molar-refractivity contribution in [1.29, 1.82) is 0 Å². The largest absolute Gasteiger partial charge is 0.373 e. The second kappa shape index (κ2) is 8.22. The van der Waals surface area contributed by atoms with Crippen molar-refractivity contribution in [2.45, 2.75) is 48.5 Å². The second-order valence-electron chi connectivity index (χ2n) is 10.2. The molecular formula is C25H32N6O2S. The maximum atomic E-state index is 12.8. The van der Waals surface area contributed by atoms with Crippen LogP contribution in [0, 0.1) is 0 Å². The molecule has 0 radical (unpaired) electrons. The van der Waals surface area contributed by atoms with Crippen molar-refractivity contribution in [2.75, 3.05) is 61.1 Å². The zero-order valence-electron chi connectivity index (χ0n) is 19.9. The number of carbonyl (C=O) groups is 1. The van der Waals surface area contributed by atoms with Crippen LogP contribution in [-0.2, 0) is 27.4 Å². The standard InChI is InChI=1S/C25H32N6O2S/c1-29-15-17(7-8-21(29)32)26-23-22-19(9-14-34(22)33)27-24(28-23)31-12-10-25(11-13-31)16-30(2)20-6-4-3-5-18(20)25/h3-6,17H,7-16H2,1-2H3,(H,26,27,28)/t17-,34-/m0/s1. The number of piperidine rings is 2. The smallest absolute Gasteiger partial charge is 0.227 e. The Morgan fingerprint density at radius 2 is 1.88 bits per heavy atom. The average molecular weight is 481 g/mol. The number of aryl methyl sites for hydroxylation is 1. The molecule has 0 saturated carbocycles. The Labute approximate surface area is 203 Å². The number of rotatable bonds is 3. The Balaban J connectivity index is 1.25. The van der Waals surface area contributed by atoms with E-state index >= 15 is 0 Å². The lowest BCUT2D eigenvalue weighted by Gasteiger charge is -2.40. The molecule has 2 atom stereocenters. The number of fused-ring (bicyclic) bond motifs is 3. The Kier molecular flexibility index (Phi) is 5.28. The van der Waals surface area contributed by atoms with Crippen LogP contribution in [0.1, 0.15) is 36.9 Å². The van der Waals surface area contributed by atoms with Gasteiger partial charge in [0.15, 0.2) is 0 Å². The summed E-state index contributed by atoms with van der Waals surface area (Å²) in [5.74, 6) is 2.23. The minimum absolute atomic E-state index is 0.113. The van der Waals surface area contributed by atoms with Crippen molar-refractivity contribution in [3.8, 4) is 0 Å². The molecule has 1 amide bonds. The molecule has 0 unspecified atom stereocenters. The third-order valence-electron chi connectivity index (χ3n) is 8.07. The number of hydrogen-bond donors (Lipinski definition) is 1. The predicted octanol–water partition coefficient (Wildman–Crippen LogP) is 2.16. The van der Waals surface area contributed by atoms with Crippen molar-refractivity contribution < 1.29 is 9.00 Å². The van der Waals surface area contributed by atoms with Gasteiger partial charge in [0, 0.05) is 76.0 Å². The molecule has 2 aromatic rings. The number of para-hydroxylation sites is 1. The summed E-state index contributed by atoms with van der Waals surface area (Å²) in [4.78, 5) is 28.9. The molecule has 2 fully saturated rings. The van der Waals surface area contributed by atoms with Gasteiger partial charge in [0.2, 0.25) is 11.9 Å². The lowest BCUT2D eigenvalue weighted by Crippen LogP contribution is -2.45. The lowest BCUT2D eigenvalue weighted by molar-refractivity contribution is -0.132. The maximum absolute atomic E-state index is 12.8. The van der Waals surface area contributed by atoms with Crippen LogP contribution in [0.15, 0.2) is 29.2 Å². The van der Waals surface area contributed by atoms with Gasteiger partial charge >= 0.3 is 0 Å². The molecule has 180 valence electrons. The van der Waals surface area contributed by atoms with Crippen molar-refractivity contribution >= 4 is 34.2 Å². The first kappa shape index (κ1) is 21.8. The predicted molar refractivity (Wildman–Crippen MR) is 134 cm³/mol. The van der Waals surface area contributed by atoms with Gasteiger partial charge in [-0.15, -0.1) is 0 Å². The highest BCUT2D eigenvalue weighted by Crippen LogP contribution is 2.46. The van der Waals surface area contributed by atoms with Gasteiger partial charge in [-0.3, -0.25) is 9.00 Å². The van der Waals surface area contributed by atoms with E-state index in [-0.39, 0.29) is 17.4 Å². The summed E-state index contributed by atoms with van der Waals surface area (Å²) in [7, 11) is 2.96. The average Bonchev–Trinajstić information content (AvgIpc) is 3.35. The quantitative estimate of drug-likeness (QED) is 0.721. The van der Waals surface area contributed by atoms with E-state index in [4.69, 9.17) is 9.97 Å². The van der Waals surface area contributed by atoms with E-state index < -0.39 is 10.8 Å². The fourth-order valence-corrected chi connectivity index (χ4v) is 7.50. The minimum atomic E-state index is -1.07. The van der Waals surface area contributed by atoms with Gasteiger partial charge in [-0.1, -0.05) is 18.2 Å². The number of likely N-dealkylation sites (N-methyl/N-ethyl adjacent to an activating group) is 2. The number of nitrogens with zero attached hydrogens (tertiary/aromatic N) is 5. The van der Waals surface area contributed by atoms with Crippen molar-refractivity contribution in [3.63, 3.8) is 0 Å². The van der Waals surface area contributed by atoms with Gasteiger partial charge in [-0.2, -0.15) is 4.98 Å². The molecule has 2 saturated heterocycles. The monoisotopic (exact) mass is 480 g/mol. The van der Waals surface area contributed by atoms with E-state index in [0.717, 1.165) is 61.9 Å². The third-order valence-corrected chi connectivity index (χ3v) is 9.53. The van der Waals surface area contributed by atoms with Crippen LogP contribution < -0.4 is 15.1 Å². The number of carbonyl (C=O) groups excluding carboxylic acids is 1. The van der Waals surface area contributed by atoms with Gasteiger partial charge < -0.3 is 20.0 Å². The van der Waals surface area contributed by atoms with Gasteiger partial charge in [0.1, 0.15) is 10.7 Å². The first-order valence-corrected chi connectivity index (χ1v) is 13.6. The molecule has 4 aliphatic rings. The molecule has 1 aromatic carbocycles. The molecule has 1 N–H and O–H groups in total. The van der Waals surface area contributed by atoms with Gasteiger partial charge in [0.05, 0.1) is 16.5 Å². The number of likely N-dealkylation sites (tertiary alicyclic amines) is 1. The first-order chi connectivity index (χ1) is 16.4. The Morgan fingerprint density at radius 3 is 2.68 bits per heavy atom. The number of benzene rings is 1. The highest BCUT2D eigenvalue weighted by atomic mass is 32.2. The highest BCUT2D eigenvalue weighted by Gasteiger charge is 2.44. The maximum Gasteiger partial charge on any atom is 0.227 e. The third kappa shape index (κ3) is 3.56. The second-order valence-corrected chi connectivity index (χ2v) is 11.8. The Bertz CT molecular complexity index is 1160. The molecule has 0 aliphatic carbocycles. The van der Waals surface area contributed by atoms with Crippen molar-refractivity contribution in [1.82, 2.24) is 14.9 Å². The van der Waals surface area contributed by atoms with E-state index in [1.807, 2.05) is 7.05 Å². The van der Waals surface area contributed by atoms with Crippen LogP contribution in [0.3, 0.4) is 0 Å². The molecule has 6 rings (SSSR count). The van der Waals surface area contributed by atoms with E-state index in [1.165, 1.54) is 11.3 Å². The highest BCUT2D eigenvalue weighted by molar-refractivity contribution is 7.85. The van der Waals surface area contributed by atoms with Crippen LogP contribution in [0.2, 0.25) is 0 Å². The van der Waals surface area contributed by atoms with E-state index in [2.05, 4.69) is 46.4 Å². The molecular weight excluding hydrogens is 448 g/mol. The van der Waals surface area contributed by atoms with Gasteiger partial charge in [0.25, 0.3) is 0 Å². The zero-order valence-corrected chi connectivity index (χ0v) is 20.7. The summed E-state index contributed by atoms with van der Waals surface area (Å²) in [6, 6.07) is 8.92. The van der Waals surface area contributed by atoms with E-state index in [9.17, 15) is 9.00 Å². The number of hydrogen-bond acceptors (Lipinski definition) is 7. The summed E-state index contributed by atoms with van der Waals surface area (Å²) in [5, 5.41) is 3.54. The summed E-state index contributed by atoms with van der Waals surface area (Å²) in [5.41, 5.74) is 3.94. The topological polar surface area (TPSA) is 81.7 Å². The fourth-order valence-electron chi connectivity index (χ4n) is 6.19. The normalized spacial score (nSPS) is 25.6. The minimum Gasteiger partial charge on any atom is -0.373 e. The number of aromatic nitrogens is 2. The van der Waals surface area contributed by atoms with Crippen LogP contribution in [0.25, 0.3) is 0 Å². The molecule has 9 heteroatoms. The van der Waals surface area contributed by atoms with E-state index in [1.54, 1.807) is 4.90 Å². The number of amides is 1. The van der Waals surface area contributed by atoms with Crippen LogP contribution in [-0.4, -0.2) is 77.1 Å². The first-order valence-electron chi connectivity index (χ1n) is 12.3. The van der Waals surface area contributed by atoms with E-state index in [0.29, 0.717) is 24.5 Å². The van der Waals surface area contributed by atoms with Crippen LogP contribution in [0.4, 0.5) is 17.5 Å². The molecule has 1 aromatic heterocycles. The van der Waals surface area contributed by atoms with Gasteiger partial charge in [-0.25, -0.2) is 4.98 Å². The summed E-state index contributed by atoms with van der Waals surface area (Å²) in [6.07, 6.45) is 4.16. The molecule has 34 heavy (non-hydrogen) atoms. The Hall–Kier alpha value is -2.68. The fraction of sp³-hybridized carbons (Fsp3) is 0.560. The number of anilines is 3. The van der Waals surface area contributed by atoms with Gasteiger partial charge in [-0.05, 0) is 30.9 Å². The molecule has 4 aliphatic heterocycles. The molecule has 5 heterocycles. The molecule has 1 spiro atoms. The summed E-state index contributed by atoms with van der Waals surface area (Å²) in [6.45, 7) is 3.51. The SMILES string of the molecule is CN1C[C@@H](Nc2nc(N3CCC4(CC3)CN(C)c3ccccc34)nc3c2[S@@](=O)CC3)CCC1=O. The van der Waals surface area contributed by atoms with Crippen LogP contribution in [0.5, 0.6) is 0 Å². The van der Waals surface area contributed by atoms with Crippen molar-refractivity contribution in [2.24, 2.45) is 0 Å². The number of nitrogens with one attached hydrogen (secondary N) is 1.